The largest absolute Gasteiger partial charge is 0.497 e. The summed E-state index contributed by atoms with van der Waals surface area (Å²) in [6.45, 7) is 1.76. The van der Waals surface area contributed by atoms with Crippen LogP contribution in [0.5, 0.6) is 5.75 Å². The number of aromatic nitrogens is 2. The van der Waals surface area contributed by atoms with Crippen LogP contribution in [0.2, 0.25) is 0 Å². The molecule has 0 saturated heterocycles. The normalized spacial score (nSPS) is 14.1. The maximum Gasteiger partial charge on any atom is 0.347 e. The van der Waals surface area contributed by atoms with Gasteiger partial charge in [-0.15, -0.1) is 0 Å². The number of benzene rings is 1. The number of fused-ring (bicyclic) bond motifs is 1. The number of hydrogen-bond donors (Lipinski definition) is 3. The highest BCUT2D eigenvalue weighted by atomic mass is 16.5. The lowest BCUT2D eigenvalue weighted by molar-refractivity contribution is 0.415. The van der Waals surface area contributed by atoms with Gasteiger partial charge in [0.05, 0.1) is 7.11 Å². The molecule has 0 radical (unpaired) electrons. The number of H-pyrrole nitrogens is 1. The van der Waals surface area contributed by atoms with Gasteiger partial charge in [-0.05, 0) is 37.2 Å². The third-order valence-corrected chi connectivity index (χ3v) is 3.58. The van der Waals surface area contributed by atoms with Crippen LogP contribution >= 0.6 is 0 Å². The molecule has 3 N–H and O–H groups in total. The van der Waals surface area contributed by atoms with Crippen LogP contribution in [0.3, 0.4) is 0 Å². The number of nitrogens with one attached hydrogen (secondary N) is 3. The number of nitrogens with zero attached hydrogens (tertiary/aromatic N) is 1. The summed E-state index contributed by atoms with van der Waals surface area (Å²) in [5, 5.41) is 6.56. The summed E-state index contributed by atoms with van der Waals surface area (Å²) < 4.78 is 5.14. The Balaban J connectivity index is 1.93. The molecule has 3 rings (SSSR count). The average Bonchev–Trinajstić information content (AvgIpc) is 2.73. The first-order valence-electron chi connectivity index (χ1n) is 7.00. The molecule has 110 valence electrons. The molecule has 21 heavy (non-hydrogen) atoms. The van der Waals surface area contributed by atoms with E-state index in [1.165, 1.54) is 0 Å². The second-order valence-electron chi connectivity index (χ2n) is 4.95. The van der Waals surface area contributed by atoms with E-state index in [9.17, 15) is 4.79 Å². The van der Waals surface area contributed by atoms with Crippen LogP contribution in [0.4, 0.5) is 11.5 Å². The number of anilines is 2. The second kappa shape index (κ2) is 5.97. The molecule has 6 heteroatoms. The third kappa shape index (κ3) is 3.05. The zero-order valence-corrected chi connectivity index (χ0v) is 11.9. The molecule has 6 nitrogen and oxygen atoms in total. The van der Waals surface area contributed by atoms with E-state index >= 15 is 0 Å². The molecule has 0 atom stereocenters. The maximum absolute atomic E-state index is 11.7. The van der Waals surface area contributed by atoms with Gasteiger partial charge in [0.15, 0.2) is 0 Å². The number of aromatic amines is 1. The van der Waals surface area contributed by atoms with Gasteiger partial charge in [-0.2, -0.15) is 4.98 Å². The zero-order chi connectivity index (χ0) is 14.7. The Bertz CT molecular complexity index is 679. The van der Waals surface area contributed by atoms with Crippen molar-refractivity contribution >= 4 is 11.5 Å². The number of ether oxygens (including phenoxy) is 1. The summed E-state index contributed by atoms with van der Waals surface area (Å²) in [4.78, 5) is 18.6. The predicted octanol–water partition coefficient (Wildman–Crippen LogP) is 1.21. The highest BCUT2D eigenvalue weighted by Crippen LogP contribution is 2.23. The van der Waals surface area contributed by atoms with Gasteiger partial charge in [-0.1, -0.05) is 0 Å². The minimum absolute atomic E-state index is 0.313. The van der Waals surface area contributed by atoms with Crippen molar-refractivity contribution in [1.29, 1.82) is 0 Å². The van der Waals surface area contributed by atoms with E-state index in [-0.39, 0.29) is 5.69 Å². The van der Waals surface area contributed by atoms with Crippen LogP contribution in [-0.2, 0) is 12.8 Å². The van der Waals surface area contributed by atoms with E-state index in [1.807, 2.05) is 24.3 Å². The summed E-state index contributed by atoms with van der Waals surface area (Å²) >= 11 is 0. The monoisotopic (exact) mass is 286 g/mol. The van der Waals surface area contributed by atoms with Gasteiger partial charge in [-0.25, -0.2) is 4.79 Å². The predicted molar refractivity (Wildman–Crippen MR) is 81.4 cm³/mol. The Morgan fingerprint density at radius 3 is 2.71 bits per heavy atom. The lowest BCUT2D eigenvalue weighted by Crippen LogP contribution is -2.18. The fourth-order valence-corrected chi connectivity index (χ4v) is 2.49. The van der Waals surface area contributed by atoms with E-state index in [2.05, 4.69) is 20.6 Å². The topological polar surface area (TPSA) is 79.0 Å². The van der Waals surface area contributed by atoms with Gasteiger partial charge in [0, 0.05) is 29.9 Å². The Labute approximate surface area is 122 Å². The summed E-state index contributed by atoms with van der Waals surface area (Å²) in [6, 6.07) is 7.55. The van der Waals surface area contributed by atoms with Gasteiger partial charge in [0.25, 0.3) is 0 Å². The van der Waals surface area contributed by atoms with Crippen molar-refractivity contribution < 1.29 is 4.74 Å². The van der Waals surface area contributed by atoms with Crippen LogP contribution < -0.4 is 21.1 Å². The smallest absolute Gasteiger partial charge is 0.347 e. The van der Waals surface area contributed by atoms with Gasteiger partial charge < -0.3 is 20.4 Å². The van der Waals surface area contributed by atoms with Crippen molar-refractivity contribution in [2.75, 3.05) is 25.5 Å². The average molecular weight is 286 g/mol. The molecule has 0 unspecified atom stereocenters. The van der Waals surface area contributed by atoms with E-state index in [4.69, 9.17) is 4.74 Å². The first-order chi connectivity index (χ1) is 10.3. The molecular weight excluding hydrogens is 268 g/mol. The molecule has 0 fully saturated rings. The van der Waals surface area contributed by atoms with Gasteiger partial charge in [0.1, 0.15) is 11.6 Å². The molecule has 0 saturated carbocycles. The van der Waals surface area contributed by atoms with E-state index in [1.54, 1.807) is 7.11 Å². The molecular formula is C15H18N4O2. The minimum atomic E-state index is -0.313. The third-order valence-electron chi connectivity index (χ3n) is 3.58. The lowest BCUT2D eigenvalue weighted by Gasteiger charge is -2.12. The molecule has 1 aliphatic heterocycles. The van der Waals surface area contributed by atoms with Crippen LogP contribution in [0.25, 0.3) is 0 Å². The van der Waals surface area contributed by atoms with Crippen LogP contribution in [0, 0.1) is 0 Å². The SMILES string of the molecule is COc1ccc(Nc2nc(=O)[nH]c3c2CCNCC3)cc1. The fourth-order valence-electron chi connectivity index (χ4n) is 2.49. The molecule has 0 amide bonds. The fraction of sp³-hybridized carbons (Fsp3) is 0.333. The van der Waals surface area contributed by atoms with Crippen molar-refractivity contribution in [2.45, 2.75) is 12.8 Å². The quantitative estimate of drug-likeness (QED) is 0.790. The van der Waals surface area contributed by atoms with E-state index < -0.39 is 0 Å². The summed E-state index contributed by atoms with van der Waals surface area (Å²) in [5.41, 5.74) is 2.62. The van der Waals surface area contributed by atoms with Gasteiger partial charge >= 0.3 is 5.69 Å². The Kier molecular flexibility index (Phi) is 3.87. The Morgan fingerprint density at radius 2 is 1.95 bits per heavy atom. The maximum atomic E-state index is 11.7. The highest BCUT2D eigenvalue weighted by molar-refractivity contribution is 5.60. The standard InChI is InChI=1S/C15H18N4O2/c1-21-11-4-2-10(3-5-11)17-14-12-6-8-16-9-7-13(12)18-15(20)19-14/h2-5,16H,6-9H2,1H3,(H2,17,18,19,20). The molecule has 0 spiro atoms. The van der Waals surface area contributed by atoms with Crippen molar-refractivity contribution in [3.05, 3.63) is 46.0 Å². The van der Waals surface area contributed by atoms with Gasteiger partial charge in [-0.3, -0.25) is 0 Å². The first-order valence-corrected chi connectivity index (χ1v) is 7.00. The molecule has 2 heterocycles. The zero-order valence-electron chi connectivity index (χ0n) is 11.9. The van der Waals surface area contributed by atoms with Crippen molar-refractivity contribution in [3.8, 4) is 5.75 Å². The summed E-state index contributed by atoms with van der Waals surface area (Å²) in [6.07, 6.45) is 1.65. The molecule has 1 aliphatic rings. The van der Waals surface area contributed by atoms with Crippen molar-refractivity contribution in [1.82, 2.24) is 15.3 Å². The first kappa shape index (κ1) is 13.6. The molecule has 1 aromatic heterocycles. The number of methoxy groups -OCH3 is 1. The Morgan fingerprint density at radius 1 is 1.19 bits per heavy atom. The molecule has 0 aliphatic carbocycles. The van der Waals surface area contributed by atoms with Crippen LogP contribution in [0.1, 0.15) is 11.3 Å². The van der Waals surface area contributed by atoms with E-state index in [0.717, 1.165) is 48.6 Å². The number of hydrogen-bond acceptors (Lipinski definition) is 5. The molecule has 1 aromatic carbocycles. The number of rotatable bonds is 3. The molecule has 0 bridgehead atoms. The highest BCUT2D eigenvalue weighted by Gasteiger charge is 2.15. The van der Waals surface area contributed by atoms with Crippen LogP contribution in [-0.4, -0.2) is 30.2 Å². The van der Waals surface area contributed by atoms with Gasteiger partial charge in [0.2, 0.25) is 0 Å². The van der Waals surface area contributed by atoms with E-state index in [0.29, 0.717) is 5.82 Å². The summed E-state index contributed by atoms with van der Waals surface area (Å²) in [7, 11) is 1.63. The molecule has 2 aromatic rings. The summed E-state index contributed by atoms with van der Waals surface area (Å²) in [5.74, 6) is 1.44. The van der Waals surface area contributed by atoms with Crippen LogP contribution in [0.15, 0.2) is 29.1 Å². The lowest BCUT2D eigenvalue weighted by atomic mass is 10.1. The van der Waals surface area contributed by atoms with Crippen molar-refractivity contribution in [3.63, 3.8) is 0 Å². The second-order valence-corrected chi connectivity index (χ2v) is 4.95. The minimum Gasteiger partial charge on any atom is -0.497 e. The Hall–Kier alpha value is -2.34. The van der Waals surface area contributed by atoms with Crippen molar-refractivity contribution in [2.24, 2.45) is 0 Å².